The first kappa shape index (κ1) is 8.65. The summed E-state index contributed by atoms with van der Waals surface area (Å²) in [6.45, 7) is 0. The predicted octanol–water partition coefficient (Wildman–Crippen LogP) is 2.45. The second-order valence-electron chi connectivity index (χ2n) is 4.00. The summed E-state index contributed by atoms with van der Waals surface area (Å²) in [5.74, 6) is 1.39. The van der Waals surface area contributed by atoms with Crippen LogP contribution < -0.4 is 0 Å². The van der Waals surface area contributed by atoms with Crippen LogP contribution in [0.5, 0.6) is 0 Å². The van der Waals surface area contributed by atoms with Gasteiger partial charge in [-0.3, -0.25) is 0 Å². The van der Waals surface area contributed by atoms with E-state index in [1.807, 2.05) is 18.2 Å². The molecule has 0 bridgehead atoms. The molecule has 0 spiro atoms. The molecule has 3 rings (SSSR count). The molecule has 0 aliphatic heterocycles. The van der Waals surface area contributed by atoms with Crippen LogP contribution in [0.1, 0.15) is 30.2 Å². The number of benzene rings is 1. The third-order valence-corrected chi connectivity index (χ3v) is 2.72. The number of aromatic nitrogens is 1. The standard InChI is InChI=1S/C12H11NO2/c14-6-5-8-1-4-10-11(7-8)15-12(13-10)9-2-3-9/h1,4,6-7,9H,2-3,5H2. The number of aldehydes is 1. The van der Waals surface area contributed by atoms with Crippen LogP contribution in [0.3, 0.4) is 0 Å². The van der Waals surface area contributed by atoms with Gasteiger partial charge in [0.25, 0.3) is 0 Å². The molecule has 15 heavy (non-hydrogen) atoms. The van der Waals surface area contributed by atoms with E-state index >= 15 is 0 Å². The minimum atomic E-state index is 0.440. The molecular weight excluding hydrogens is 190 g/mol. The summed E-state index contributed by atoms with van der Waals surface area (Å²) in [6.07, 6.45) is 3.72. The fraction of sp³-hybridized carbons (Fsp3) is 0.333. The Morgan fingerprint density at radius 1 is 1.47 bits per heavy atom. The van der Waals surface area contributed by atoms with Crippen LogP contribution in [0.2, 0.25) is 0 Å². The van der Waals surface area contributed by atoms with Gasteiger partial charge in [-0.25, -0.2) is 4.98 Å². The third-order valence-electron chi connectivity index (χ3n) is 2.72. The van der Waals surface area contributed by atoms with E-state index in [1.54, 1.807) is 0 Å². The van der Waals surface area contributed by atoms with E-state index in [2.05, 4.69) is 4.98 Å². The van der Waals surface area contributed by atoms with Crippen molar-refractivity contribution < 1.29 is 9.21 Å². The van der Waals surface area contributed by atoms with Crippen LogP contribution in [-0.2, 0) is 11.2 Å². The van der Waals surface area contributed by atoms with Gasteiger partial charge in [0.2, 0.25) is 0 Å². The number of hydrogen-bond acceptors (Lipinski definition) is 3. The molecule has 1 fully saturated rings. The molecule has 3 nitrogen and oxygen atoms in total. The smallest absolute Gasteiger partial charge is 0.198 e. The van der Waals surface area contributed by atoms with Crippen LogP contribution in [0.25, 0.3) is 11.1 Å². The first-order valence-electron chi connectivity index (χ1n) is 5.20. The molecule has 0 amide bonds. The Morgan fingerprint density at radius 3 is 3.07 bits per heavy atom. The van der Waals surface area contributed by atoms with Crippen LogP contribution >= 0.6 is 0 Å². The third kappa shape index (κ3) is 1.54. The molecule has 1 aromatic carbocycles. The minimum Gasteiger partial charge on any atom is -0.440 e. The maximum atomic E-state index is 10.4. The van der Waals surface area contributed by atoms with E-state index in [9.17, 15) is 4.79 Å². The molecule has 1 aliphatic carbocycles. The van der Waals surface area contributed by atoms with Gasteiger partial charge in [0.1, 0.15) is 11.8 Å². The molecule has 1 saturated carbocycles. The Bertz CT molecular complexity index is 511. The highest BCUT2D eigenvalue weighted by Crippen LogP contribution is 2.40. The number of oxazole rings is 1. The summed E-state index contributed by atoms with van der Waals surface area (Å²) in [5.41, 5.74) is 2.68. The number of rotatable bonds is 3. The maximum absolute atomic E-state index is 10.4. The molecule has 0 N–H and O–H groups in total. The van der Waals surface area contributed by atoms with Crippen LogP contribution in [0, 0.1) is 0 Å². The summed E-state index contributed by atoms with van der Waals surface area (Å²) >= 11 is 0. The van der Waals surface area contributed by atoms with Crippen molar-refractivity contribution in [2.75, 3.05) is 0 Å². The topological polar surface area (TPSA) is 43.1 Å². The van der Waals surface area contributed by atoms with Crippen LogP contribution in [0.4, 0.5) is 0 Å². The molecule has 0 radical (unpaired) electrons. The highest BCUT2D eigenvalue weighted by Gasteiger charge is 2.28. The second-order valence-corrected chi connectivity index (χ2v) is 4.00. The quantitative estimate of drug-likeness (QED) is 0.716. The molecule has 0 saturated heterocycles. The highest BCUT2D eigenvalue weighted by atomic mass is 16.3. The monoisotopic (exact) mass is 201 g/mol. The summed E-state index contributed by atoms with van der Waals surface area (Å²) in [6, 6.07) is 5.75. The number of carbonyl (C=O) groups excluding carboxylic acids is 1. The van der Waals surface area contributed by atoms with E-state index in [0.717, 1.165) is 28.8 Å². The van der Waals surface area contributed by atoms with Gasteiger partial charge in [-0.2, -0.15) is 0 Å². The van der Waals surface area contributed by atoms with Gasteiger partial charge in [0.05, 0.1) is 0 Å². The highest BCUT2D eigenvalue weighted by molar-refractivity contribution is 5.74. The van der Waals surface area contributed by atoms with E-state index < -0.39 is 0 Å². The second kappa shape index (κ2) is 3.19. The molecule has 1 heterocycles. The normalized spacial score (nSPS) is 15.7. The molecule has 1 aliphatic rings. The lowest BCUT2D eigenvalue weighted by Gasteiger charge is -1.92. The van der Waals surface area contributed by atoms with E-state index in [-0.39, 0.29) is 0 Å². The number of carbonyl (C=O) groups is 1. The zero-order valence-corrected chi connectivity index (χ0v) is 8.27. The van der Waals surface area contributed by atoms with Crippen LogP contribution in [0.15, 0.2) is 22.6 Å². The SMILES string of the molecule is O=CCc1ccc2nc(C3CC3)oc2c1. The predicted molar refractivity (Wildman–Crippen MR) is 55.8 cm³/mol. The van der Waals surface area contributed by atoms with Crippen molar-refractivity contribution >= 4 is 17.4 Å². The molecule has 1 aromatic heterocycles. The van der Waals surface area contributed by atoms with Crippen molar-refractivity contribution in [3.8, 4) is 0 Å². The van der Waals surface area contributed by atoms with Gasteiger partial charge >= 0.3 is 0 Å². The van der Waals surface area contributed by atoms with Gasteiger partial charge < -0.3 is 9.21 Å². The van der Waals surface area contributed by atoms with Crippen LogP contribution in [-0.4, -0.2) is 11.3 Å². The number of fused-ring (bicyclic) bond motifs is 1. The van der Waals surface area contributed by atoms with Gasteiger partial charge in [-0.15, -0.1) is 0 Å². The van der Waals surface area contributed by atoms with Gasteiger partial charge in [-0.1, -0.05) is 6.07 Å². The number of hydrogen-bond donors (Lipinski definition) is 0. The zero-order valence-electron chi connectivity index (χ0n) is 8.27. The summed E-state index contributed by atoms with van der Waals surface area (Å²) < 4.78 is 5.65. The summed E-state index contributed by atoms with van der Waals surface area (Å²) in [4.78, 5) is 14.8. The Morgan fingerprint density at radius 2 is 2.33 bits per heavy atom. The lowest BCUT2D eigenvalue weighted by atomic mass is 10.1. The lowest BCUT2D eigenvalue weighted by Crippen LogP contribution is -1.84. The Kier molecular flexibility index (Phi) is 1.84. The average Bonchev–Trinajstić information content (AvgIpc) is 2.99. The van der Waals surface area contributed by atoms with Crippen molar-refractivity contribution in [1.82, 2.24) is 4.98 Å². The Labute approximate surface area is 87.1 Å². The fourth-order valence-electron chi connectivity index (χ4n) is 1.71. The molecule has 0 unspecified atom stereocenters. The van der Waals surface area contributed by atoms with Gasteiger partial charge in [0.15, 0.2) is 11.5 Å². The van der Waals surface area contributed by atoms with Gasteiger partial charge in [-0.05, 0) is 30.5 Å². The van der Waals surface area contributed by atoms with Crippen molar-refractivity contribution in [3.63, 3.8) is 0 Å². The van der Waals surface area contributed by atoms with E-state index in [0.29, 0.717) is 12.3 Å². The van der Waals surface area contributed by atoms with Crippen molar-refractivity contribution in [2.45, 2.75) is 25.2 Å². The van der Waals surface area contributed by atoms with Crippen molar-refractivity contribution in [2.24, 2.45) is 0 Å². The van der Waals surface area contributed by atoms with E-state index in [1.165, 1.54) is 12.8 Å². The molecular formula is C12H11NO2. The molecule has 0 atom stereocenters. The van der Waals surface area contributed by atoms with Crippen molar-refractivity contribution in [1.29, 1.82) is 0 Å². The Hall–Kier alpha value is -1.64. The summed E-state index contributed by atoms with van der Waals surface area (Å²) in [5, 5.41) is 0. The fourth-order valence-corrected chi connectivity index (χ4v) is 1.71. The first-order chi connectivity index (χ1) is 7.36. The molecule has 76 valence electrons. The maximum Gasteiger partial charge on any atom is 0.198 e. The average molecular weight is 201 g/mol. The van der Waals surface area contributed by atoms with E-state index in [4.69, 9.17) is 4.42 Å². The largest absolute Gasteiger partial charge is 0.440 e. The number of nitrogens with zero attached hydrogens (tertiary/aromatic N) is 1. The summed E-state index contributed by atoms with van der Waals surface area (Å²) in [7, 11) is 0. The van der Waals surface area contributed by atoms with Gasteiger partial charge in [0, 0.05) is 12.3 Å². The zero-order chi connectivity index (χ0) is 10.3. The molecule has 3 heteroatoms. The van der Waals surface area contributed by atoms with Crippen molar-refractivity contribution in [3.05, 3.63) is 29.7 Å². The lowest BCUT2D eigenvalue weighted by molar-refractivity contribution is -0.107. The first-order valence-corrected chi connectivity index (χ1v) is 5.20. The minimum absolute atomic E-state index is 0.440. The Balaban J connectivity index is 2.05. The molecule has 2 aromatic rings.